The van der Waals surface area contributed by atoms with Crippen molar-refractivity contribution in [2.45, 2.75) is 12.5 Å². The minimum atomic E-state index is -0.311. The van der Waals surface area contributed by atoms with Gasteiger partial charge in [0.2, 0.25) is 0 Å². The number of anilines is 1. The van der Waals surface area contributed by atoms with Crippen molar-refractivity contribution in [3.63, 3.8) is 0 Å². The number of ether oxygens (including phenoxy) is 2. The summed E-state index contributed by atoms with van der Waals surface area (Å²) < 4.78 is 15.4. The van der Waals surface area contributed by atoms with E-state index in [1.165, 1.54) is 7.11 Å². The Labute approximate surface area is 117 Å². The molecule has 20 heavy (non-hydrogen) atoms. The van der Waals surface area contributed by atoms with Crippen molar-refractivity contribution >= 4 is 11.7 Å². The van der Waals surface area contributed by atoms with Crippen LogP contribution in [-0.4, -0.2) is 20.2 Å². The summed E-state index contributed by atoms with van der Waals surface area (Å²) in [6, 6.07) is 10.8. The summed E-state index contributed by atoms with van der Waals surface area (Å²) in [6.45, 7) is 0. The highest BCUT2D eigenvalue weighted by atomic mass is 16.5. The molecular formula is C15H17NO4. The van der Waals surface area contributed by atoms with E-state index in [4.69, 9.17) is 13.9 Å². The van der Waals surface area contributed by atoms with Gasteiger partial charge in [0.25, 0.3) is 0 Å². The molecule has 1 atom stereocenters. The van der Waals surface area contributed by atoms with Crippen molar-refractivity contribution in [3.8, 4) is 5.75 Å². The third-order valence-corrected chi connectivity index (χ3v) is 2.92. The molecule has 2 rings (SSSR count). The molecule has 0 spiro atoms. The minimum Gasteiger partial charge on any atom is -0.495 e. The molecule has 5 heteroatoms. The van der Waals surface area contributed by atoms with Gasteiger partial charge >= 0.3 is 5.97 Å². The molecule has 0 saturated heterocycles. The smallest absolute Gasteiger partial charge is 0.308 e. The molecule has 1 aromatic heterocycles. The molecule has 1 N–H and O–H groups in total. The van der Waals surface area contributed by atoms with Gasteiger partial charge in [0.1, 0.15) is 11.5 Å². The zero-order chi connectivity index (χ0) is 14.4. The van der Waals surface area contributed by atoms with Crippen LogP contribution in [0.25, 0.3) is 0 Å². The highest BCUT2D eigenvalue weighted by Gasteiger charge is 2.20. The number of benzene rings is 1. The normalized spacial score (nSPS) is 11.7. The monoisotopic (exact) mass is 275 g/mol. The lowest BCUT2D eigenvalue weighted by molar-refractivity contribution is -0.141. The maximum Gasteiger partial charge on any atom is 0.308 e. The van der Waals surface area contributed by atoms with Crippen LogP contribution >= 0.6 is 0 Å². The van der Waals surface area contributed by atoms with Gasteiger partial charge < -0.3 is 19.2 Å². The number of methoxy groups -OCH3 is 2. The van der Waals surface area contributed by atoms with Gasteiger partial charge in [-0.2, -0.15) is 0 Å². The van der Waals surface area contributed by atoms with E-state index in [2.05, 4.69) is 5.32 Å². The van der Waals surface area contributed by atoms with Crippen molar-refractivity contribution < 1.29 is 18.7 Å². The average molecular weight is 275 g/mol. The molecule has 5 nitrogen and oxygen atoms in total. The van der Waals surface area contributed by atoms with E-state index < -0.39 is 0 Å². The topological polar surface area (TPSA) is 60.7 Å². The molecule has 0 saturated carbocycles. The lowest BCUT2D eigenvalue weighted by atomic mass is 10.1. The lowest BCUT2D eigenvalue weighted by Gasteiger charge is -2.18. The largest absolute Gasteiger partial charge is 0.495 e. The van der Waals surface area contributed by atoms with Gasteiger partial charge in [-0.25, -0.2) is 0 Å². The standard InChI is InChI=1S/C15H17NO4/c1-18-13-7-4-3-6-11(13)16-12(10-15(17)19-2)14-8-5-9-20-14/h3-9,12,16H,10H2,1-2H3. The van der Waals surface area contributed by atoms with E-state index in [0.717, 1.165) is 5.69 Å². The molecule has 0 fully saturated rings. The summed E-state index contributed by atoms with van der Waals surface area (Å²) in [7, 11) is 2.97. The maximum atomic E-state index is 11.5. The van der Waals surface area contributed by atoms with Crippen LogP contribution < -0.4 is 10.1 Å². The zero-order valence-electron chi connectivity index (χ0n) is 11.5. The second kappa shape index (κ2) is 6.65. The second-order valence-corrected chi connectivity index (χ2v) is 4.19. The Balaban J connectivity index is 2.21. The van der Waals surface area contributed by atoms with E-state index in [0.29, 0.717) is 11.5 Å². The van der Waals surface area contributed by atoms with Gasteiger partial charge in [0.05, 0.1) is 38.6 Å². The van der Waals surface area contributed by atoms with Crippen LogP contribution in [0.1, 0.15) is 18.2 Å². The van der Waals surface area contributed by atoms with Crippen LogP contribution in [0.5, 0.6) is 5.75 Å². The summed E-state index contributed by atoms with van der Waals surface area (Å²) in [5.41, 5.74) is 0.792. The fourth-order valence-corrected chi connectivity index (χ4v) is 1.91. The molecule has 0 radical (unpaired) electrons. The van der Waals surface area contributed by atoms with E-state index >= 15 is 0 Å². The maximum absolute atomic E-state index is 11.5. The minimum absolute atomic E-state index is 0.169. The first-order chi connectivity index (χ1) is 9.74. The van der Waals surface area contributed by atoms with Crippen molar-refractivity contribution in [1.82, 2.24) is 0 Å². The summed E-state index contributed by atoms with van der Waals surface area (Å²) in [6.07, 6.45) is 1.74. The number of nitrogens with one attached hydrogen (secondary N) is 1. The van der Waals surface area contributed by atoms with E-state index in [9.17, 15) is 4.79 Å². The van der Waals surface area contributed by atoms with Crippen LogP contribution in [-0.2, 0) is 9.53 Å². The van der Waals surface area contributed by atoms with Gasteiger partial charge in [0, 0.05) is 0 Å². The molecule has 1 aromatic carbocycles. The number of esters is 1. The molecule has 0 bridgehead atoms. The number of rotatable bonds is 6. The SMILES string of the molecule is COC(=O)CC(Nc1ccccc1OC)c1ccco1. The van der Waals surface area contributed by atoms with Crippen LogP contribution in [0.2, 0.25) is 0 Å². The third kappa shape index (κ3) is 3.32. The molecular weight excluding hydrogens is 258 g/mol. The van der Waals surface area contributed by atoms with Gasteiger partial charge in [0.15, 0.2) is 0 Å². The zero-order valence-corrected chi connectivity index (χ0v) is 11.5. The van der Waals surface area contributed by atoms with Crippen molar-refractivity contribution in [2.75, 3.05) is 19.5 Å². The molecule has 0 aliphatic carbocycles. The van der Waals surface area contributed by atoms with Crippen LogP contribution in [0.3, 0.4) is 0 Å². The summed E-state index contributed by atoms with van der Waals surface area (Å²) in [4.78, 5) is 11.5. The number of hydrogen-bond acceptors (Lipinski definition) is 5. The first-order valence-corrected chi connectivity index (χ1v) is 6.24. The van der Waals surface area contributed by atoms with Gasteiger partial charge in [-0.1, -0.05) is 12.1 Å². The van der Waals surface area contributed by atoms with E-state index in [1.54, 1.807) is 19.4 Å². The molecule has 0 aliphatic rings. The predicted molar refractivity (Wildman–Crippen MR) is 74.7 cm³/mol. The molecule has 1 unspecified atom stereocenters. The quantitative estimate of drug-likeness (QED) is 0.821. The molecule has 0 amide bonds. The molecule has 2 aromatic rings. The molecule has 106 valence electrons. The average Bonchev–Trinajstić information content (AvgIpc) is 3.01. The van der Waals surface area contributed by atoms with E-state index in [-0.39, 0.29) is 18.4 Å². The van der Waals surface area contributed by atoms with Crippen LogP contribution in [0.15, 0.2) is 47.1 Å². The molecule has 0 aliphatic heterocycles. The van der Waals surface area contributed by atoms with Gasteiger partial charge in [-0.05, 0) is 24.3 Å². The van der Waals surface area contributed by atoms with Crippen molar-refractivity contribution in [3.05, 3.63) is 48.4 Å². The first-order valence-electron chi connectivity index (χ1n) is 6.24. The number of para-hydroxylation sites is 2. The van der Waals surface area contributed by atoms with Gasteiger partial charge in [-0.15, -0.1) is 0 Å². The van der Waals surface area contributed by atoms with Crippen LogP contribution in [0, 0.1) is 0 Å². The highest BCUT2D eigenvalue weighted by molar-refractivity contribution is 5.71. The number of carbonyl (C=O) groups excluding carboxylic acids is 1. The number of carbonyl (C=O) groups is 1. The Morgan fingerprint density at radius 2 is 2.05 bits per heavy atom. The number of hydrogen-bond donors (Lipinski definition) is 1. The fraction of sp³-hybridized carbons (Fsp3) is 0.267. The Morgan fingerprint density at radius 3 is 2.70 bits per heavy atom. The Hall–Kier alpha value is -2.43. The first kappa shape index (κ1) is 14.0. The molecule has 1 heterocycles. The van der Waals surface area contributed by atoms with Crippen molar-refractivity contribution in [1.29, 1.82) is 0 Å². The predicted octanol–water partition coefficient (Wildman–Crippen LogP) is 3.00. The van der Waals surface area contributed by atoms with Crippen molar-refractivity contribution in [2.24, 2.45) is 0 Å². The Bertz CT molecular complexity index is 551. The fourth-order valence-electron chi connectivity index (χ4n) is 1.91. The van der Waals surface area contributed by atoms with E-state index in [1.807, 2.05) is 30.3 Å². The second-order valence-electron chi connectivity index (χ2n) is 4.19. The summed E-state index contributed by atoms with van der Waals surface area (Å²) in [5, 5.41) is 3.25. The third-order valence-electron chi connectivity index (χ3n) is 2.92. The highest BCUT2D eigenvalue weighted by Crippen LogP contribution is 2.29. The van der Waals surface area contributed by atoms with Crippen LogP contribution in [0.4, 0.5) is 5.69 Å². The number of furan rings is 1. The van der Waals surface area contributed by atoms with Gasteiger partial charge in [-0.3, -0.25) is 4.79 Å². The summed E-state index contributed by atoms with van der Waals surface area (Å²) >= 11 is 0. The Kier molecular flexibility index (Phi) is 4.65. The Morgan fingerprint density at radius 1 is 1.25 bits per heavy atom. The lowest BCUT2D eigenvalue weighted by Crippen LogP contribution is -2.16. The summed E-state index contributed by atoms with van der Waals surface area (Å²) in [5.74, 6) is 1.06.